The summed E-state index contributed by atoms with van der Waals surface area (Å²) < 4.78 is 22.8. The normalized spacial score (nSPS) is 16.5. The van der Waals surface area contributed by atoms with E-state index in [0.717, 1.165) is 0 Å². The van der Waals surface area contributed by atoms with Crippen molar-refractivity contribution in [2.75, 3.05) is 5.75 Å². The van der Waals surface area contributed by atoms with Crippen molar-refractivity contribution in [3.8, 4) is 0 Å². The minimum atomic E-state index is -3.24. The van der Waals surface area contributed by atoms with E-state index in [9.17, 15) is 13.2 Å². The number of hydrogen-bond donors (Lipinski definition) is 1. The van der Waals surface area contributed by atoms with Crippen molar-refractivity contribution in [1.82, 2.24) is 0 Å². The first kappa shape index (κ1) is 12.4. The fourth-order valence-corrected chi connectivity index (χ4v) is 2.66. The predicted molar refractivity (Wildman–Crippen MR) is 50.3 cm³/mol. The molecule has 0 spiro atoms. The van der Waals surface area contributed by atoms with E-state index in [-0.39, 0.29) is 5.75 Å². The van der Waals surface area contributed by atoms with Crippen molar-refractivity contribution < 1.29 is 18.3 Å². The molecule has 1 N–H and O–H groups in total. The van der Waals surface area contributed by atoms with Gasteiger partial charge in [-0.2, -0.15) is 0 Å². The first-order valence-electron chi connectivity index (χ1n) is 4.27. The summed E-state index contributed by atoms with van der Waals surface area (Å²) in [6.07, 6.45) is 0.527. The summed E-state index contributed by atoms with van der Waals surface area (Å²) in [5.74, 6) is -1.84. The number of carboxylic acids is 1. The highest BCUT2D eigenvalue weighted by atomic mass is 32.2. The molecule has 0 saturated heterocycles. The number of carboxylic acid groups (broad SMARTS) is 1. The van der Waals surface area contributed by atoms with Gasteiger partial charge < -0.3 is 5.11 Å². The van der Waals surface area contributed by atoms with Gasteiger partial charge in [0.1, 0.15) is 0 Å². The third kappa shape index (κ3) is 3.34. The highest BCUT2D eigenvalue weighted by Crippen LogP contribution is 2.14. The Kier molecular flexibility index (Phi) is 4.39. The second-order valence-electron chi connectivity index (χ2n) is 3.20. The zero-order valence-corrected chi connectivity index (χ0v) is 8.97. The van der Waals surface area contributed by atoms with E-state index in [1.807, 2.05) is 0 Å². The smallest absolute Gasteiger partial charge is 0.307 e. The molecule has 0 rings (SSSR count). The zero-order chi connectivity index (χ0) is 10.6. The molecule has 0 aromatic heterocycles. The fourth-order valence-electron chi connectivity index (χ4n) is 0.982. The third-order valence-electron chi connectivity index (χ3n) is 2.15. The Bertz CT molecular complexity index is 268. The van der Waals surface area contributed by atoms with Gasteiger partial charge in [-0.15, -0.1) is 0 Å². The summed E-state index contributed by atoms with van der Waals surface area (Å²) in [7, 11) is -3.24. The van der Waals surface area contributed by atoms with E-state index < -0.39 is 27.0 Å². The summed E-state index contributed by atoms with van der Waals surface area (Å²) in [5, 5.41) is 7.82. The Morgan fingerprint density at radius 3 is 2.15 bits per heavy atom. The molecule has 4 nitrogen and oxygen atoms in total. The molecule has 2 atom stereocenters. The molecule has 0 bridgehead atoms. The molecule has 0 amide bonds. The average molecular weight is 208 g/mol. The van der Waals surface area contributed by atoms with Crippen LogP contribution in [-0.4, -0.2) is 30.5 Å². The van der Waals surface area contributed by atoms with Crippen LogP contribution in [0.5, 0.6) is 0 Å². The number of carbonyl (C=O) groups is 1. The second-order valence-corrected chi connectivity index (χ2v) is 5.68. The summed E-state index contributed by atoms with van der Waals surface area (Å²) in [6.45, 7) is 4.62. The first-order valence-corrected chi connectivity index (χ1v) is 5.98. The third-order valence-corrected chi connectivity index (χ3v) is 4.67. The molecule has 2 unspecified atom stereocenters. The number of aliphatic carboxylic acids is 1. The van der Waals surface area contributed by atoms with Crippen LogP contribution in [0.1, 0.15) is 27.2 Å². The van der Waals surface area contributed by atoms with Gasteiger partial charge in [-0.05, 0) is 13.3 Å². The van der Waals surface area contributed by atoms with Gasteiger partial charge in [0.05, 0.1) is 16.9 Å². The molecule has 0 saturated carbocycles. The number of sulfone groups is 1. The molecule has 0 aromatic rings. The predicted octanol–water partition coefficient (Wildman–Crippen LogP) is 0.920. The first-order chi connectivity index (χ1) is 5.83. The Hall–Kier alpha value is -0.580. The van der Waals surface area contributed by atoms with Crippen molar-refractivity contribution in [3.63, 3.8) is 0 Å². The molecular weight excluding hydrogens is 192 g/mol. The largest absolute Gasteiger partial charge is 0.481 e. The molecule has 5 heteroatoms. The highest BCUT2D eigenvalue weighted by molar-refractivity contribution is 7.92. The summed E-state index contributed by atoms with van der Waals surface area (Å²) in [4.78, 5) is 10.5. The van der Waals surface area contributed by atoms with E-state index >= 15 is 0 Å². The fraction of sp³-hybridized carbons (Fsp3) is 0.875. The maximum Gasteiger partial charge on any atom is 0.307 e. The van der Waals surface area contributed by atoms with Gasteiger partial charge in [-0.3, -0.25) is 4.79 Å². The van der Waals surface area contributed by atoms with Crippen molar-refractivity contribution in [2.24, 2.45) is 5.92 Å². The minimum Gasteiger partial charge on any atom is -0.481 e. The van der Waals surface area contributed by atoms with Crippen molar-refractivity contribution in [3.05, 3.63) is 0 Å². The Balaban J connectivity index is 4.59. The molecule has 0 radical (unpaired) electrons. The summed E-state index contributed by atoms with van der Waals surface area (Å²) in [5.41, 5.74) is 0. The van der Waals surface area contributed by atoms with Gasteiger partial charge >= 0.3 is 5.97 Å². The molecule has 13 heavy (non-hydrogen) atoms. The van der Waals surface area contributed by atoms with Gasteiger partial charge in [0.25, 0.3) is 0 Å². The standard InChI is InChI=1S/C8H16O4S/c1-4-5-13(11,12)7(3)6(2)8(9)10/h6-7H,4-5H2,1-3H3,(H,9,10). The van der Waals surface area contributed by atoms with Crippen molar-refractivity contribution in [2.45, 2.75) is 32.4 Å². The Morgan fingerprint density at radius 2 is 1.85 bits per heavy atom. The lowest BCUT2D eigenvalue weighted by molar-refractivity contribution is -0.141. The lowest BCUT2D eigenvalue weighted by Gasteiger charge is -2.15. The lowest BCUT2D eigenvalue weighted by atomic mass is 10.1. The molecule has 0 aromatic carbocycles. The van der Waals surface area contributed by atoms with E-state index in [4.69, 9.17) is 5.11 Å². The quantitative estimate of drug-likeness (QED) is 0.729. The average Bonchev–Trinajstić information content (AvgIpc) is 2.01. The van der Waals surface area contributed by atoms with Gasteiger partial charge in [-0.25, -0.2) is 8.42 Å². The van der Waals surface area contributed by atoms with Crippen LogP contribution in [0.2, 0.25) is 0 Å². The van der Waals surface area contributed by atoms with Gasteiger partial charge in [0.15, 0.2) is 9.84 Å². The topological polar surface area (TPSA) is 71.4 Å². The van der Waals surface area contributed by atoms with Crippen molar-refractivity contribution in [1.29, 1.82) is 0 Å². The minimum absolute atomic E-state index is 0.0613. The van der Waals surface area contributed by atoms with Crippen LogP contribution >= 0.6 is 0 Å². The Morgan fingerprint density at radius 1 is 1.38 bits per heavy atom. The molecular formula is C8H16O4S. The van der Waals surface area contributed by atoms with Crippen LogP contribution in [-0.2, 0) is 14.6 Å². The van der Waals surface area contributed by atoms with Crippen LogP contribution in [0, 0.1) is 5.92 Å². The zero-order valence-electron chi connectivity index (χ0n) is 8.15. The molecule has 78 valence electrons. The summed E-state index contributed by atoms with van der Waals surface area (Å²) in [6, 6.07) is 0. The van der Waals surface area contributed by atoms with E-state index in [2.05, 4.69) is 0 Å². The molecule has 0 aliphatic carbocycles. The van der Waals surface area contributed by atoms with Gasteiger partial charge in [0, 0.05) is 0 Å². The van der Waals surface area contributed by atoms with Gasteiger partial charge in [-0.1, -0.05) is 13.8 Å². The van der Waals surface area contributed by atoms with Crippen LogP contribution < -0.4 is 0 Å². The monoisotopic (exact) mass is 208 g/mol. The molecule has 0 fully saturated rings. The molecule has 0 aliphatic heterocycles. The SMILES string of the molecule is CCCS(=O)(=O)C(C)C(C)C(=O)O. The Labute approximate surface area is 78.9 Å². The van der Waals surface area contributed by atoms with E-state index in [1.54, 1.807) is 6.92 Å². The van der Waals surface area contributed by atoms with Crippen LogP contribution in [0.3, 0.4) is 0 Å². The molecule has 0 heterocycles. The second kappa shape index (κ2) is 4.60. The van der Waals surface area contributed by atoms with Gasteiger partial charge in [0.2, 0.25) is 0 Å². The molecule has 0 aliphatic rings. The lowest BCUT2D eigenvalue weighted by Crippen LogP contribution is -2.32. The van der Waals surface area contributed by atoms with Crippen LogP contribution in [0.4, 0.5) is 0 Å². The van der Waals surface area contributed by atoms with Crippen LogP contribution in [0.25, 0.3) is 0 Å². The van der Waals surface area contributed by atoms with Crippen molar-refractivity contribution >= 4 is 15.8 Å². The van der Waals surface area contributed by atoms with E-state index in [1.165, 1.54) is 13.8 Å². The maximum absolute atomic E-state index is 11.4. The number of rotatable bonds is 5. The highest BCUT2D eigenvalue weighted by Gasteiger charge is 2.29. The van der Waals surface area contributed by atoms with Crippen LogP contribution in [0.15, 0.2) is 0 Å². The number of hydrogen-bond acceptors (Lipinski definition) is 3. The maximum atomic E-state index is 11.4. The van der Waals surface area contributed by atoms with E-state index in [0.29, 0.717) is 6.42 Å². The summed E-state index contributed by atoms with van der Waals surface area (Å²) >= 11 is 0.